The molecule has 0 heterocycles. The first-order valence-electron chi connectivity index (χ1n) is 5.25. The van der Waals surface area contributed by atoms with Gasteiger partial charge in [-0.05, 0) is 36.5 Å². The molecule has 0 radical (unpaired) electrons. The van der Waals surface area contributed by atoms with Crippen molar-refractivity contribution in [2.24, 2.45) is 5.73 Å². The Morgan fingerprint density at radius 1 is 1.25 bits per heavy atom. The Balaban J connectivity index is 2.29. The van der Waals surface area contributed by atoms with E-state index in [1.165, 1.54) is 0 Å². The zero-order valence-electron chi connectivity index (χ0n) is 9.09. The average molecular weight is 240 g/mol. The molecule has 0 bridgehead atoms. The molecule has 1 rings (SSSR count). The Labute approximate surface area is 99.4 Å². The lowest BCUT2D eigenvalue weighted by Crippen LogP contribution is -2.00. The quantitative estimate of drug-likeness (QED) is 0.451. The SMILES string of the molecule is NCCCSCCc1ccc([N+](=O)[O-])cc1. The molecule has 0 fully saturated rings. The molecule has 0 aromatic heterocycles. The Bertz CT molecular complexity index is 327. The molecule has 0 unspecified atom stereocenters. The standard InChI is InChI=1S/C11H16N2O2S/c12-7-1-8-16-9-6-10-2-4-11(5-3-10)13(14)15/h2-5H,1,6-9,12H2. The Hall–Kier alpha value is -1.07. The lowest BCUT2D eigenvalue weighted by Gasteiger charge is -2.01. The van der Waals surface area contributed by atoms with Crippen molar-refractivity contribution in [2.75, 3.05) is 18.1 Å². The molecule has 0 aliphatic carbocycles. The van der Waals surface area contributed by atoms with Crippen LogP contribution in [0.15, 0.2) is 24.3 Å². The second-order valence-electron chi connectivity index (χ2n) is 3.43. The van der Waals surface area contributed by atoms with Crippen LogP contribution < -0.4 is 5.73 Å². The van der Waals surface area contributed by atoms with E-state index < -0.39 is 0 Å². The summed E-state index contributed by atoms with van der Waals surface area (Å²) in [7, 11) is 0. The van der Waals surface area contributed by atoms with Gasteiger partial charge in [0.1, 0.15) is 0 Å². The van der Waals surface area contributed by atoms with Crippen LogP contribution in [0.5, 0.6) is 0 Å². The number of hydrogen-bond acceptors (Lipinski definition) is 4. The molecule has 0 amide bonds. The number of rotatable bonds is 7. The average Bonchev–Trinajstić information content (AvgIpc) is 2.29. The Morgan fingerprint density at radius 2 is 1.94 bits per heavy atom. The van der Waals surface area contributed by atoms with Crippen LogP contribution in [0.1, 0.15) is 12.0 Å². The van der Waals surface area contributed by atoms with E-state index in [2.05, 4.69) is 0 Å². The number of benzene rings is 1. The second kappa shape index (κ2) is 7.24. The molecule has 1 aromatic rings. The minimum atomic E-state index is -0.375. The van der Waals surface area contributed by atoms with E-state index in [9.17, 15) is 10.1 Å². The van der Waals surface area contributed by atoms with Gasteiger partial charge in [0.15, 0.2) is 0 Å². The fourth-order valence-electron chi connectivity index (χ4n) is 1.26. The molecule has 0 spiro atoms. The van der Waals surface area contributed by atoms with Gasteiger partial charge in [-0.1, -0.05) is 12.1 Å². The van der Waals surface area contributed by atoms with E-state index in [0.717, 1.165) is 36.5 Å². The maximum atomic E-state index is 10.4. The molecule has 0 aliphatic heterocycles. The number of non-ortho nitro benzene ring substituents is 1. The Morgan fingerprint density at radius 3 is 2.50 bits per heavy atom. The van der Waals surface area contributed by atoms with E-state index in [1.54, 1.807) is 12.1 Å². The van der Waals surface area contributed by atoms with Crippen LogP contribution >= 0.6 is 11.8 Å². The van der Waals surface area contributed by atoms with Crippen LogP contribution in [0, 0.1) is 10.1 Å². The molecule has 5 heteroatoms. The summed E-state index contributed by atoms with van der Waals surface area (Å²) < 4.78 is 0. The fraction of sp³-hybridized carbons (Fsp3) is 0.455. The molecular formula is C11H16N2O2S. The molecule has 0 aliphatic rings. The van der Waals surface area contributed by atoms with Crippen LogP contribution in [0.2, 0.25) is 0 Å². The summed E-state index contributed by atoms with van der Waals surface area (Å²) in [6, 6.07) is 6.75. The monoisotopic (exact) mass is 240 g/mol. The van der Waals surface area contributed by atoms with Crippen molar-refractivity contribution < 1.29 is 4.92 Å². The summed E-state index contributed by atoms with van der Waals surface area (Å²) >= 11 is 1.87. The van der Waals surface area contributed by atoms with E-state index in [-0.39, 0.29) is 10.6 Å². The van der Waals surface area contributed by atoms with Gasteiger partial charge in [0.25, 0.3) is 5.69 Å². The van der Waals surface area contributed by atoms with Gasteiger partial charge < -0.3 is 5.73 Å². The largest absolute Gasteiger partial charge is 0.330 e. The van der Waals surface area contributed by atoms with Gasteiger partial charge in [0.2, 0.25) is 0 Å². The Kier molecular flexibility index (Phi) is 5.88. The van der Waals surface area contributed by atoms with Gasteiger partial charge in [-0.3, -0.25) is 10.1 Å². The van der Waals surface area contributed by atoms with Crippen LogP contribution in [0.4, 0.5) is 5.69 Å². The van der Waals surface area contributed by atoms with E-state index in [1.807, 2.05) is 23.9 Å². The summed E-state index contributed by atoms with van der Waals surface area (Å²) in [5.41, 5.74) is 6.69. The summed E-state index contributed by atoms with van der Waals surface area (Å²) in [5.74, 6) is 2.13. The number of nitro groups is 1. The third kappa shape index (κ3) is 4.63. The summed E-state index contributed by atoms with van der Waals surface area (Å²) in [6.07, 6.45) is 2.00. The second-order valence-corrected chi connectivity index (χ2v) is 4.65. The number of nitrogens with zero attached hydrogens (tertiary/aromatic N) is 1. The molecule has 0 saturated heterocycles. The van der Waals surface area contributed by atoms with Crippen LogP contribution in [-0.4, -0.2) is 23.0 Å². The number of thioether (sulfide) groups is 1. The van der Waals surface area contributed by atoms with Crippen molar-refractivity contribution in [3.63, 3.8) is 0 Å². The first-order valence-corrected chi connectivity index (χ1v) is 6.40. The molecule has 2 N–H and O–H groups in total. The highest BCUT2D eigenvalue weighted by molar-refractivity contribution is 7.99. The van der Waals surface area contributed by atoms with Gasteiger partial charge >= 0.3 is 0 Å². The maximum absolute atomic E-state index is 10.4. The number of nitrogens with two attached hydrogens (primary N) is 1. The van der Waals surface area contributed by atoms with E-state index >= 15 is 0 Å². The third-order valence-corrected chi connectivity index (χ3v) is 3.25. The topological polar surface area (TPSA) is 69.2 Å². The highest BCUT2D eigenvalue weighted by Crippen LogP contribution is 2.14. The van der Waals surface area contributed by atoms with E-state index in [4.69, 9.17) is 5.73 Å². The summed E-state index contributed by atoms with van der Waals surface area (Å²) in [6.45, 7) is 0.741. The molecule has 0 atom stereocenters. The first-order chi connectivity index (χ1) is 7.74. The highest BCUT2D eigenvalue weighted by atomic mass is 32.2. The molecule has 1 aromatic carbocycles. The summed E-state index contributed by atoms with van der Waals surface area (Å²) in [4.78, 5) is 10.1. The normalized spacial score (nSPS) is 10.3. The minimum Gasteiger partial charge on any atom is -0.330 e. The fourth-order valence-corrected chi connectivity index (χ4v) is 2.22. The maximum Gasteiger partial charge on any atom is 0.269 e. The van der Waals surface area contributed by atoms with E-state index in [0.29, 0.717) is 0 Å². The molecule has 0 saturated carbocycles. The summed E-state index contributed by atoms with van der Waals surface area (Å²) in [5, 5.41) is 10.4. The molecule has 88 valence electrons. The van der Waals surface area contributed by atoms with Crippen LogP contribution in [0.3, 0.4) is 0 Å². The van der Waals surface area contributed by atoms with Gasteiger partial charge in [-0.2, -0.15) is 11.8 Å². The lowest BCUT2D eigenvalue weighted by molar-refractivity contribution is -0.384. The van der Waals surface area contributed by atoms with Gasteiger partial charge in [0, 0.05) is 12.1 Å². The van der Waals surface area contributed by atoms with Crippen molar-refractivity contribution in [1.82, 2.24) is 0 Å². The van der Waals surface area contributed by atoms with Gasteiger partial charge in [-0.25, -0.2) is 0 Å². The number of aryl methyl sites for hydroxylation is 1. The third-order valence-electron chi connectivity index (χ3n) is 2.18. The smallest absolute Gasteiger partial charge is 0.269 e. The molecular weight excluding hydrogens is 224 g/mol. The predicted molar refractivity (Wildman–Crippen MR) is 67.8 cm³/mol. The van der Waals surface area contributed by atoms with Crippen molar-refractivity contribution >= 4 is 17.4 Å². The van der Waals surface area contributed by atoms with Crippen molar-refractivity contribution in [1.29, 1.82) is 0 Å². The highest BCUT2D eigenvalue weighted by Gasteiger charge is 2.03. The zero-order chi connectivity index (χ0) is 11.8. The first kappa shape index (κ1) is 13.0. The van der Waals surface area contributed by atoms with Gasteiger partial charge in [0.05, 0.1) is 4.92 Å². The van der Waals surface area contributed by atoms with Gasteiger partial charge in [-0.15, -0.1) is 0 Å². The van der Waals surface area contributed by atoms with Crippen LogP contribution in [0.25, 0.3) is 0 Å². The van der Waals surface area contributed by atoms with Crippen molar-refractivity contribution in [3.8, 4) is 0 Å². The zero-order valence-corrected chi connectivity index (χ0v) is 9.91. The van der Waals surface area contributed by atoms with Crippen molar-refractivity contribution in [2.45, 2.75) is 12.8 Å². The number of hydrogen-bond donors (Lipinski definition) is 1. The minimum absolute atomic E-state index is 0.152. The van der Waals surface area contributed by atoms with Crippen molar-refractivity contribution in [3.05, 3.63) is 39.9 Å². The molecule has 4 nitrogen and oxygen atoms in total. The number of nitro benzene ring substituents is 1. The molecule has 16 heavy (non-hydrogen) atoms. The van der Waals surface area contributed by atoms with Crippen LogP contribution in [-0.2, 0) is 6.42 Å². The predicted octanol–water partition coefficient (Wildman–Crippen LogP) is 2.22. The lowest BCUT2D eigenvalue weighted by atomic mass is 10.1.